The van der Waals surface area contributed by atoms with Gasteiger partial charge < -0.3 is 4.57 Å². The fraction of sp³-hybridized carbons (Fsp3) is 0.333. The lowest BCUT2D eigenvalue weighted by Crippen LogP contribution is -2.28. The molecule has 0 bridgehead atoms. The van der Waals surface area contributed by atoms with Gasteiger partial charge in [-0.25, -0.2) is 4.79 Å². The normalized spacial score (nSPS) is 9.71. The number of H-pyrrole nitrogens is 1. The largest absolute Gasteiger partial charge is 0.328 e. The minimum atomic E-state index is -0.410. The fourth-order valence-corrected chi connectivity index (χ4v) is 1.05. The average molecular weight is 261 g/mol. The highest BCUT2D eigenvalue weighted by molar-refractivity contribution is 9.11. The van der Waals surface area contributed by atoms with Gasteiger partial charge in [0.15, 0.2) is 0 Å². The number of hydrogen-bond donors (Lipinski definition) is 1. The number of nitrogens with zero attached hydrogens (tertiary/aromatic N) is 1. The minimum absolute atomic E-state index is 0.381. The second-order valence-corrected chi connectivity index (χ2v) is 2.78. The van der Waals surface area contributed by atoms with E-state index in [0.29, 0.717) is 5.56 Å². The Morgan fingerprint density at radius 2 is 2.00 bits per heavy atom. The van der Waals surface area contributed by atoms with Crippen molar-refractivity contribution in [1.82, 2.24) is 9.55 Å². The van der Waals surface area contributed by atoms with E-state index < -0.39 is 5.69 Å². The van der Waals surface area contributed by atoms with Crippen molar-refractivity contribution in [2.45, 2.75) is 13.8 Å². The second-order valence-electron chi connectivity index (χ2n) is 2.25. The molecule has 1 N–H and O–H groups in total. The van der Waals surface area contributed by atoms with Gasteiger partial charge >= 0.3 is 5.69 Å². The number of aromatic nitrogens is 2. The molecule has 0 aliphatic rings. The van der Waals surface area contributed by atoms with Crippen LogP contribution < -0.4 is 11.2 Å². The van der Waals surface area contributed by atoms with Gasteiger partial charge in [-0.1, -0.05) is 29.8 Å². The molecule has 0 atom stereocenters. The Labute approximate surface area is 90.4 Å². The molecule has 14 heavy (non-hydrogen) atoms. The first-order chi connectivity index (χ1) is 6.65. The first-order valence-corrected chi connectivity index (χ1v) is 5.13. The first-order valence-electron chi connectivity index (χ1n) is 4.22. The van der Waals surface area contributed by atoms with Crippen molar-refractivity contribution >= 4 is 22.0 Å². The summed E-state index contributed by atoms with van der Waals surface area (Å²) >= 11 is 3.04. The van der Waals surface area contributed by atoms with E-state index in [4.69, 9.17) is 0 Å². The van der Waals surface area contributed by atoms with Crippen LogP contribution in [0.25, 0.3) is 6.08 Å². The summed E-state index contributed by atoms with van der Waals surface area (Å²) < 4.78 is 1.31. The van der Waals surface area contributed by atoms with Gasteiger partial charge in [0.2, 0.25) is 0 Å². The molecule has 1 aromatic heterocycles. The molecule has 0 aliphatic carbocycles. The lowest BCUT2D eigenvalue weighted by molar-refractivity contribution is 0.796. The van der Waals surface area contributed by atoms with Crippen LogP contribution in [0.1, 0.15) is 19.4 Å². The molecule has 0 amide bonds. The monoisotopic (exact) mass is 260 g/mol. The summed E-state index contributed by atoms with van der Waals surface area (Å²) in [5.41, 5.74) is -0.352. The third-order valence-electron chi connectivity index (χ3n) is 1.38. The minimum Gasteiger partial charge on any atom is -0.303 e. The molecule has 1 aromatic rings. The van der Waals surface area contributed by atoms with Crippen molar-refractivity contribution in [3.05, 3.63) is 37.6 Å². The van der Waals surface area contributed by atoms with E-state index >= 15 is 0 Å². The number of nitrogens with one attached hydrogen (secondary N) is 1. The van der Waals surface area contributed by atoms with Crippen LogP contribution in [-0.2, 0) is 7.05 Å². The van der Waals surface area contributed by atoms with Crippen molar-refractivity contribution in [2.24, 2.45) is 7.05 Å². The standard InChI is InChI=1S/C7H7BrN2O2.C2H6/c1-10-4-5(2-3-8)6(11)9-7(10)12;1-2/h2-4H,1H3,(H,9,11,12);1-2H3/b3-2+;. The van der Waals surface area contributed by atoms with E-state index in [1.165, 1.54) is 10.8 Å². The van der Waals surface area contributed by atoms with Gasteiger partial charge in [-0.3, -0.25) is 9.78 Å². The topological polar surface area (TPSA) is 54.9 Å². The lowest BCUT2D eigenvalue weighted by Gasteiger charge is -1.95. The molecule has 0 fully saturated rings. The first kappa shape index (κ1) is 12.9. The van der Waals surface area contributed by atoms with Gasteiger partial charge in [-0.05, 0) is 11.1 Å². The predicted octanol–water partition coefficient (Wildman–Crippen LogP) is 1.47. The van der Waals surface area contributed by atoms with Gasteiger partial charge in [-0.15, -0.1) is 0 Å². The molecule has 0 saturated heterocycles. The summed E-state index contributed by atoms with van der Waals surface area (Å²) in [6, 6.07) is 0. The highest BCUT2D eigenvalue weighted by Crippen LogP contribution is 1.93. The van der Waals surface area contributed by atoms with E-state index in [1.54, 1.807) is 18.1 Å². The summed E-state index contributed by atoms with van der Waals surface area (Å²) in [5.74, 6) is 0. The van der Waals surface area contributed by atoms with Crippen molar-refractivity contribution in [1.29, 1.82) is 0 Å². The maximum Gasteiger partial charge on any atom is 0.328 e. The smallest absolute Gasteiger partial charge is 0.303 e. The van der Waals surface area contributed by atoms with Gasteiger partial charge in [0.25, 0.3) is 5.56 Å². The summed E-state index contributed by atoms with van der Waals surface area (Å²) in [4.78, 5) is 25.6. The summed E-state index contributed by atoms with van der Waals surface area (Å²) in [6.45, 7) is 4.00. The van der Waals surface area contributed by atoms with E-state index in [1.807, 2.05) is 13.8 Å². The fourth-order valence-electron chi connectivity index (χ4n) is 0.770. The molecule has 0 aromatic carbocycles. The van der Waals surface area contributed by atoms with Gasteiger partial charge in [0, 0.05) is 13.2 Å². The molecule has 4 nitrogen and oxygen atoms in total. The summed E-state index contributed by atoms with van der Waals surface area (Å²) in [5, 5.41) is 0. The Kier molecular flexibility index (Phi) is 5.87. The van der Waals surface area contributed by atoms with E-state index in [-0.39, 0.29) is 5.56 Å². The highest BCUT2D eigenvalue weighted by atomic mass is 79.9. The Morgan fingerprint density at radius 3 is 2.50 bits per heavy atom. The number of hydrogen-bond acceptors (Lipinski definition) is 2. The molecule has 1 heterocycles. The van der Waals surface area contributed by atoms with Gasteiger partial charge in [-0.2, -0.15) is 0 Å². The van der Waals surface area contributed by atoms with Crippen LogP contribution in [0.5, 0.6) is 0 Å². The molecule has 0 radical (unpaired) electrons. The zero-order valence-electron chi connectivity index (χ0n) is 8.37. The van der Waals surface area contributed by atoms with Crippen LogP contribution >= 0.6 is 15.9 Å². The Hall–Kier alpha value is -1.10. The third kappa shape index (κ3) is 3.33. The number of aryl methyl sites for hydroxylation is 1. The lowest BCUT2D eigenvalue weighted by atomic mass is 10.3. The SMILES string of the molecule is CC.Cn1cc(/C=C/Br)c(=O)[nH]c1=O. The van der Waals surface area contributed by atoms with Crippen molar-refractivity contribution in [2.75, 3.05) is 0 Å². The quantitative estimate of drug-likeness (QED) is 0.832. The molecular weight excluding hydrogens is 248 g/mol. The van der Waals surface area contributed by atoms with Crippen LogP contribution in [0, 0.1) is 0 Å². The number of rotatable bonds is 1. The van der Waals surface area contributed by atoms with Gasteiger partial charge in [0.1, 0.15) is 0 Å². The maximum atomic E-state index is 11.0. The van der Waals surface area contributed by atoms with E-state index in [0.717, 1.165) is 0 Å². The van der Waals surface area contributed by atoms with Crippen molar-refractivity contribution < 1.29 is 0 Å². The molecule has 0 spiro atoms. The van der Waals surface area contributed by atoms with Crippen LogP contribution in [0.3, 0.4) is 0 Å². The van der Waals surface area contributed by atoms with E-state index in [2.05, 4.69) is 20.9 Å². The molecule has 78 valence electrons. The zero-order valence-corrected chi connectivity index (χ0v) is 9.96. The molecule has 0 aliphatic heterocycles. The molecular formula is C9H13BrN2O2. The van der Waals surface area contributed by atoms with Crippen LogP contribution in [0.4, 0.5) is 0 Å². The maximum absolute atomic E-state index is 11.0. The highest BCUT2D eigenvalue weighted by Gasteiger charge is 1.96. The predicted molar refractivity (Wildman–Crippen MR) is 61.6 cm³/mol. The Bertz CT molecular complexity index is 418. The van der Waals surface area contributed by atoms with Gasteiger partial charge in [0.05, 0.1) is 5.56 Å². The number of aromatic amines is 1. The van der Waals surface area contributed by atoms with Crippen molar-refractivity contribution in [3.63, 3.8) is 0 Å². The molecule has 1 rings (SSSR count). The second kappa shape index (κ2) is 6.37. The summed E-state index contributed by atoms with van der Waals surface area (Å²) in [7, 11) is 1.57. The molecule has 0 unspecified atom stereocenters. The van der Waals surface area contributed by atoms with Crippen LogP contribution in [-0.4, -0.2) is 9.55 Å². The van der Waals surface area contributed by atoms with Crippen molar-refractivity contribution in [3.8, 4) is 0 Å². The van der Waals surface area contributed by atoms with Crippen LogP contribution in [0.2, 0.25) is 0 Å². The molecule has 5 heteroatoms. The van der Waals surface area contributed by atoms with E-state index in [9.17, 15) is 9.59 Å². The van der Waals surface area contributed by atoms with Crippen LogP contribution in [0.15, 0.2) is 20.8 Å². The Morgan fingerprint density at radius 1 is 1.43 bits per heavy atom. The number of halogens is 1. The molecule has 0 saturated carbocycles. The summed E-state index contributed by atoms with van der Waals surface area (Å²) in [6.07, 6.45) is 3.04. The Balaban J connectivity index is 0.000000791. The zero-order chi connectivity index (χ0) is 11.1. The average Bonchev–Trinajstić information content (AvgIpc) is 2.18. The third-order valence-corrected chi connectivity index (χ3v) is 1.64.